The molecule has 5 aromatic carbocycles. The van der Waals surface area contributed by atoms with Gasteiger partial charge >= 0.3 is 0 Å². The van der Waals surface area contributed by atoms with Crippen molar-refractivity contribution in [3.05, 3.63) is 119 Å². The Morgan fingerprint density at radius 2 is 1.07 bits per heavy atom. The normalized spacial score (nSPS) is 10.8. The minimum atomic E-state index is -0.384. The molecule has 8 nitrogen and oxygen atoms in total. The van der Waals surface area contributed by atoms with Crippen molar-refractivity contribution < 1.29 is 28.1 Å². The average Bonchev–Trinajstić information content (AvgIpc) is 3.11. The van der Waals surface area contributed by atoms with Crippen LogP contribution in [0.1, 0.15) is 0 Å². The van der Waals surface area contributed by atoms with Crippen LogP contribution in [-0.4, -0.2) is 35.5 Å². The summed E-state index contributed by atoms with van der Waals surface area (Å²) in [6.45, 7) is 0. The van der Waals surface area contributed by atoms with E-state index >= 15 is 0 Å². The number of methoxy groups -OCH3 is 5. The molecule has 0 unspecified atom stereocenters. The second-order valence-electron chi connectivity index (χ2n) is 10.3. The lowest BCUT2D eigenvalue weighted by Gasteiger charge is -2.25. The van der Waals surface area contributed by atoms with Gasteiger partial charge in [0.1, 0.15) is 16.9 Å². The molecule has 1 heterocycles. The third-order valence-corrected chi connectivity index (χ3v) is 7.79. The summed E-state index contributed by atoms with van der Waals surface area (Å²) in [6.07, 6.45) is 0. The van der Waals surface area contributed by atoms with Gasteiger partial charge < -0.3 is 33.0 Å². The first kappa shape index (κ1) is 30.1. The van der Waals surface area contributed by atoms with Gasteiger partial charge in [-0.2, -0.15) is 0 Å². The Bertz CT molecular complexity index is 2000. The zero-order valence-corrected chi connectivity index (χ0v) is 26.2. The molecule has 0 saturated heterocycles. The van der Waals surface area contributed by atoms with E-state index in [0.717, 1.165) is 22.6 Å². The highest BCUT2D eigenvalue weighted by molar-refractivity contribution is 6.01. The molecule has 8 heteroatoms. The van der Waals surface area contributed by atoms with Crippen molar-refractivity contribution >= 4 is 28.0 Å². The number of ether oxygens (including phenoxy) is 5. The third-order valence-electron chi connectivity index (χ3n) is 7.79. The molecule has 0 aliphatic rings. The van der Waals surface area contributed by atoms with Crippen molar-refractivity contribution in [1.82, 2.24) is 0 Å². The fraction of sp³-hybridized carbons (Fsp3) is 0.132. The summed E-state index contributed by atoms with van der Waals surface area (Å²) in [5.74, 6) is 2.06. The Morgan fingerprint density at radius 3 is 1.61 bits per heavy atom. The van der Waals surface area contributed by atoms with Crippen LogP contribution >= 0.6 is 0 Å². The van der Waals surface area contributed by atoms with Gasteiger partial charge in [-0.1, -0.05) is 48.5 Å². The summed E-state index contributed by atoms with van der Waals surface area (Å²) in [6, 6.07) is 35.3. The zero-order chi connectivity index (χ0) is 32.2. The van der Waals surface area contributed by atoms with Gasteiger partial charge in [0.25, 0.3) is 0 Å². The number of hydrogen-bond donors (Lipinski definition) is 0. The van der Waals surface area contributed by atoms with Gasteiger partial charge in [-0.15, -0.1) is 0 Å². The van der Waals surface area contributed by atoms with Crippen molar-refractivity contribution in [2.24, 2.45) is 0 Å². The lowest BCUT2D eigenvalue weighted by molar-refractivity contribution is 0.355. The van der Waals surface area contributed by atoms with Crippen LogP contribution in [0.3, 0.4) is 0 Å². The molecule has 0 N–H and O–H groups in total. The Balaban J connectivity index is 1.58. The van der Waals surface area contributed by atoms with Crippen LogP contribution in [0.15, 0.2) is 118 Å². The molecular weight excluding hydrogens is 582 g/mol. The number of anilines is 3. The monoisotopic (exact) mass is 615 g/mol. The summed E-state index contributed by atoms with van der Waals surface area (Å²) < 4.78 is 34.7. The summed E-state index contributed by atoms with van der Waals surface area (Å²) in [5.41, 5.74) is 4.84. The molecule has 0 aliphatic heterocycles. The topological polar surface area (TPSA) is 79.6 Å². The molecule has 232 valence electrons. The molecule has 0 bridgehead atoms. The maximum absolute atomic E-state index is 14.1. The minimum Gasteiger partial charge on any atom is -0.496 e. The van der Waals surface area contributed by atoms with E-state index in [0.29, 0.717) is 39.7 Å². The van der Waals surface area contributed by atoms with Gasteiger partial charge in [0.15, 0.2) is 22.8 Å². The first-order chi connectivity index (χ1) is 22.5. The molecule has 1 aromatic heterocycles. The van der Waals surface area contributed by atoms with Crippen LogP contribution in [0.25, 0.3) is 33.4 Å². The van der Waals surface area contributed by atoms with E-state index in [9.17, 15) is 4.79 Å². The number of benzene rings is 5. The van der Waals surface area contributed by atoms with Crippen LogP contribution in [0.5, 0.6) is 28.7 Å². The van der Waals surface area contributed by atoms with E-state index in [4.69, 9.17) is 28.1 Å². The smallest absolute Gasteiger partial charge is 0.239 e. The maximum atomic E-state index is 14.1. The molecule has 0 spiro atoms. The zero-order valence-electron chi connectivity index (χ0n) is 26.2. The lowest BCUT2D eigenvalue weighted by Crippen LogP contribution is -2.10. The van der Waals surface area contributed by atoms with E-state index < -0.39 is 0 Å². The molecule has 0 amide bonds. The highest BCUT2D eigenvalue weighted by Crippen LogP contribution is 2.45. The predicted molar refractivity (Wildman–Crippen MR) is 181 cm³/mol. The fourth-order valence-electron chi connectivity index (χ4n) is 5.62. The summed E-state index contributed by atoms with van der Waals surface area (Å²) in [4.78, 5) is 16.3. The number of rotatable bonds is 10. The van der Waals surface area contributed by atoms with Gasteiger partial charge in [0.05, 0.1) is 41.1 Å². The van der Waals surface area contributed by atoms with Crippen molar-refractivity contribution in [2.45, 2.75) is 0 Å². The molecular formula is C38H33NO7. The summed E-state index contributed by atoms with van der Waals surface area (Å²) in [7, 11) is 7.61. The second kappa shape index (κ2) is 13.0. The van der Waals surface area contributed by atoms with Crippen molar-refractivity contribution in [1.29, 1.82) is 0 Å². The van der Waals surface area contributed by atoms with Gasteiger partial charge in [-0.05, 0) is 60.2 Å². The minimum absolute atomic E-state index is 0.0332. The third kappa shape index (κ3) is 5.34. The Labute approximate surface area is 266 Å². The Morgan fingerprint density at radius 1 is 0.522 bits per heavy atom. The summed E-state index contributed by atoms with van der Waals surface area (Å²) >= 11 is 0. The van der Waals surface area contributed by atoms with E-state index in [2.05, 4.69) is 29.2 Å². The van der Waals surface area contributed by atoms with Crippen molar-refractivity contribution in [3.63, 3.8) is 0 Å². The first-order valence-electron chi connectivity index (χ1n) is 14.6. The molecule has 0 aliphatic carbocycles. The molecule has 6 rings (SSSR count). The maximum Gasteiger partial charge on any atom is 0.239 e. The van der Waals surface area contributed by atoms with Gasteiger partial charge in [0.2, 0.25) is 11.2 Å². The van der Waals surface area contributed by atoms with Gasteiger partial charge in [-0.25, -0.2) is 0 Å². The van der Waals surface area contributed by atoms with Crippen molar-refractivity contribution in [3.8, 4) is 51.2 Å². The first-order valence-corrected chi connectivity index (χ1v) is 14.6. The average molecular weight is 616 g/mol. The Kier molecular flexibility index (Phi) is 8.52. The number of nitrogens with zero attached hydrogens (tertiary/aromatic N) is 1. The molecule has 0 radical (unpaired) electrons. The number of fused-ring (bicyclic) bond motifs is 1. The fourth-order valence-corrected chi connectivity index (χ4v) is 5.62. The van der Waals surface area contributed by atoms with Gasteiger partial charge in [-0.3, -0.25) is 4.79 Å². The number of para-hydroxylation sites is 2. The van der Waals surface area contributed by atoms with Crippen molar-refractivity contribution in [2.75, 3.05) is 40.4 Å². The van der Waals surface area contributed by atoms with Crippen LogP contribution in [0, 0.1) is 0 Å². The summed E-state index contributed by atoms with van der Waals surface area (Å²) in [5, 5.41) is 0.235. The standard InChI is InChI=1S/C38H33NO7/c1-41-29-21-18-25(22-30(29)42-2)36-38(45-5)35(40)34-32(44-4)23-31(43-3)33(37(34)46-36)24-16-19-28(20-17-24)39(26-12-8-6-9-13-26)27-14-10-7-11-15-27/h6-23H,1-5H3. The lowest BCUT2D eigenvalue weighted by atomic mass is 9.99. The number of hydrogen-bond acceptors (Lipinski definition) is 8. The SMILES string of the molecule is COc1ccc(-c2oc3c(-c4ccc(N(c5ccccc5)c5ccccc5)cc4)c(OC)cc(OC)c3c(=O)c2OC)cc1OC. The predicted octanol–water partition coefficient (Wildman–Crippen LogP) is 8.64. The van der Waals surface area contributed by atoms with E-state index in [-0.39, 0.29) is 22.3 Å². The highest BCUT2D eigenvalue weighted by atomic mass is 16.5. The quantitative estimate of drug-likeness (QED) is 0.152. The van der Waals surface area contributed by atoms with Crippen LogP contribution in [0.4, 0.5) is 17.1 Å². The van der Waals surface area contributed by atoms with Crippen LogP contribution in [0.2, 0.25) is 0 Å². The molecule has 6 aromatic rings. The second-order valence-corrected chi connectivity index (χ2v) is 10.3. The van der Waals surface area contributed by atoms with E-state index in [1.807, 2.05) is 60.7 Å². The van der Waals surface area contributed by atoms with Crippen LogP contribution in [-0.2, 0) is 0 Å². The van der Waals surface area contributed by atoms with E-state index in [1.54, 1.807) is 45.6 Å². The molecule has 0 fully saturated rings. The van der Waals surface area contributed by atoms with Gasteiger partial charge in [0, 0.05) is 28.7 Å². The largest absolute Gasteiger partial charge is 0.496 e. The Hall–Kier alpha value is -5.89. The molecule has 0 saturated carbocycles. The van der Waals surface area contributed by atoms with Crippen LogP contribution < -0.4 is 34.0 Å². The molecule has 0 atom stereocenters. The highest BCUT2D eigenvalue weighted by Gasteiger charge is 2.26. The van der Waals surface area contributed by atoms with E-state index in [1.165, 1.54) is 14.2 Å². The molecule has 46 heavy (non-hydrogen) atoms.